The van der Waals surface area contributed by atoms with E-state index in [1.807, 2.05) is 0 Å². The third kappa shape index (κ3) is 4.41. The first-order valence-corrected chi connectivity index (χ1v) is 10.9. The Hall–Kier alpha value is -1.87. The number of halogens is 2. The van der Waals surface area contributed by atoms with Crippen molar-refractivity contribution in [2.75, 3.05) is 50.0 Å². The van der Waals surface area contributed by atoms with E-state index < -0.39 is 10.0 Å². The summed E-state index contributed by atoms with van der Waals surface area (Å²) < 4.78 is 39.2. The molecule has 28 heavy (non-hydrogen) atoms. The molecule has 10 heteroatoms. The largest absolute Gasteiger partial charge is 0.495 e. The molecule has 1 fully saturated rings. The van der Waals surface area contributed by atoms with E-state index in [1.165, 1.54) is 25.3 Å². The molecule has 0 unspecified atom stereocenters. The number of nitrogens with one attached hydrogen (secondary N) is 1. The lowest BCUT2D eigenvalue weighted by molar-refractivity contribution is -0.655. The highest BCUT2D eigenvalue weighted by Gasteiger charge is 2.23. The molecule has 0 amide bonds. The average Bonchev–Trinajstić information content (AvgIpc) is 2.67. The minimum Gasteiger partial charge on any atom is -0.495 e. The Morgan fingerprint density at radius 3 is 2.43 bits per heavy atom. The normalized spacial score (nSPS) is 14.6. The van der Waals surface area contributed by atoms with Crippen LogP contribution in [0.4, 0.5) is 11.4 Å². The lowest BCUT2D eigenvalue weighted by Crippen LogP contribution is -2.89. The zero-order valence-corrected chi connectivity index (χ0v) is 17.9. The fraction of sp³-hybridized carbons (Fsp3) is 0.333. The van der Waals surface area contributed by atoms with Gasteiger partial charge in [-0.1, -0.05) is 23.2 Å². The SMILES string of the molecule is COc1ccc(S(=O)(=O)Nc2cc(Cl)cc(Cl)c2OC)cc1N1CC[NH2+]CC1. The zero-order valence-electron chi connectivity index (χ0n) is 15.5. The predicted molar refractivity (Wildman–Crippen MR) is 111 cm³/mol. The number of piperazine rings is 1. The van der Waals surface area contributed by atoms with E-state index in [9.17, 15) is 8.42 Å². The molecule has 0 saturated carbocycles. The van der Waals surface area contributed by atoms with Gasteiger partial charge in [-0.3, -0.25) is 4.72 Å². The monoisotopic (exact) mass is 446 g/mol. The van der Waals surface area contributed by atoms with Crippen LogP contribution >= 0.6 is 23.2 Å². The topological polar surface area (TPSA) is 84.5 Å². The van der Waals surface area contributed by atoms with E-state index in [1.54, 1.807) is 19.2 Å². The van der Waals surface area contributed by atoms with E-state index in [2.05, 4.69) is 14.9 Å². The highest BCUT2D eigenvalue weighted by Crippen LogP contribution is 2.38. The van der Waals surface area contributed by atoms with E-state index in [4.69, 9.17) is 32.7 Å². The summed E-state index contributed by atoms with van der Waals surface area (Å²) >= 11 is 12.1. The predicted octanol–water partition coefficient (Wildman–Crippen LogP) is 2.19. The summed E-state index contributed by atoms with van der Waals surface area (Å²) in [6.07, 6.45) is 0. The fourth-order valence-electron chi connectivity index (χ4n) is 3.12. The number of rotatable bonds is 6. The second-order valence-corrected chi connectivity index (χ2v) is 8.79. The van der Waals surface area contributed by atoms with Crippen LogP contribution in [0.5, 0.6) is 11.5 Å². The second-order valence-electron chi connectivity index (χ2n) is 6.26. The summed E-state index contributed by atoms with van der Waals surface area (Å²) in [6, 6.07) is 7.71. The molecular weight excluding hydrogens is 425 g/mol. The van der Waals surface area contributed by atoms with Crippen LogP contribution < -0.4 is 24.4 Å². The fourth-order valence-corrected chi connectivity index (χ4v) is 4.77. The van der Waals surface area contributed by atoms with Crippen molar-refractivity contribution < 1.29 is 23.2 Å². The third-order valence-corrected chi connectivity index (χ3v) is 6.33. The smallest absolute Gasteiger partial charge is 0.262 e. The van der Waals surface area contributed by atoms with Gasteiger partial charge in [0.05, 0.1) is 61.7 Å². The van der Waals surface area contributed by atoms with Gasteiger partial charge in [-0.05, 0) is 30.3 Å². The Bertz CT molecular complexity index is 964. The van der Waals surface area contributed by atoms with Crippen molar-refractivity contribution in [3.05, 3.63) is 40.4 Å². The zero-order chi connectivity index (χ0) is 20.3. The maximum Gasteiger partial charge on any atom is 0.262 e. The molecule has 2 aromatic rings. The molecule has 0 atom stereocenters. The number of hydrogen-bond acceptors (Lipinski definition) is 5. The maximum absolute atomic E-state index is 13.0. The van der Waals surface area contributed by atoms with Crippen molar-refractivity contribution in [1.29, 1.82) is 0 Å². The first-order valence-electron chi connectivity index (χ1n) is 8.66. The minimum absolute atomic E-state index is 0.107. The van der Waals surface area contributed by atoms with Crippen molar-refractivity contribution in [2.24, 2.45) is 0 Å². The van der Waals surface area contributed by atoms with E-state index in [0.29, 0.717) is 10.8 Å². The van der Waals surface area contributed by atoms with Crippen LogP contribution in [0.15, 0.2) is 35.2 Å². The van der Waals surface area contributed by atoms with Crippen molar-refractivity contribution in [3.8, 4) is 11.5 Å². The molecule has 0 aromatic heterocycles. The van der Waals surface area contributed by atoms with Gasteiger partial charge in [0.25, 0.3) is 10.0 Å². The number of quaternary nitrogens is 1. The summed E-state index contributed by atoms with van der Waals surface area (Å²) in [5, 5.41) is 2.73. The molecular formula is C18H22Cl2N3O4S+. The first-order chi connectivity index (χ1) is 13.4. The Balaban J connectivity index is 1.98. The lowest BCUT2D eigenvalue weighted by atomic mass is 10.2. The number of anilines is 2. The number of nitrogens with two attached hydrogens (primary N) is 1. The molecule has 0 aliphatic carbocycles. The van der Waals surface area contributed by atoms with E-state index in [-0.39, 0.29) is 21.4 Å². The average molecular weight is 447 g/mol. The van der Waals surface area contributed by atoms with Crippen LogP contribution in [-0.2, 0) is 10.0 Å². The van der Waals surface area contributed by atoms with Gasteiger partial charge in [0.15, 0.2) is 5.75 Å². The number of sulfonamides is 1. The van der Waals surface area contributed by atoms with Crippen LogP contribution in [0.3, 0.4) is 0 Å². The van der Waals surface area contributed by atoms with Gasteiger partial charge in [0, 0.05) is 5.02 Å². The van der Waals surface area contributed by atoms with Crippen molar-refractivity contribution in [1.82, 2.24) is 0 Å². The lowest BCUT2D eigenvalue weighted by Gasteiger charge is -2.29. The van der Waals surface area contributed by atoms with Gasteiger partial charge >= 0.3 is 0 Å². The summed E-state index contributed by atoms with van der Waals surface area (Å²) in [5.41, 5.74) is 0.916. The molecule has 7 nitrogen and oxygen atoms in total. The molecule has 0 bridgehead atoms. The molecule has 0 spiro atoms. The van der Waals surface area contributed by atoms with E-state index >= 15 is 0 Å². The maximum atomic E-state index is 13.0. The molecule has 3 N–H and O–H groups in total. The highest BCUT2D eigenvalue weighted by molar-refractivity contribution is 7.92. The number of hydrogen-bond donors (Lipinski definition) is 2. The van der Waals surface area contributed by atoms with Crippen LogP contribution in [-0.4, -0.2) is 48.8 Å². The Morgan fingerprint density at radius 2 is 1.79 bits per heavy atom. The summed E-state index contributed by atoms with van der Waals surface area (Å²) in [6.45, 7) is 3.50. The molecule has 2 aromatic carbocycles. The van der Waals surface area contributed by atoms with Gasteiger partial charge in [-0.25, -0.2) is 8.42 Å². The van der Waals surface area contributed by atoms with Gasteiger partial charge in [-0.15, -0.1) is 0 Å². The number of ether oxygens (including phenoxy) is 2. The molecule has 1 aliphatic heterocycles. The molecule has 152 valence electrons. The standard InChI is InChI=1S/C18H21Cl2N3O4S/c1-26-17-4-3-13(11-16(17)23-7-5-21-6-8-23)28(24,25)22-15-10-12(19)9-14(20)18(15)27-2/h3-4,9-11,21-22H,5-8H2,1-2H3/p+1. The van der Waals surface area contributed by atoms with Gasteiger partial charge in [0.2, 0.25) is 0 Å². The Kier molecular flexibility index (Phi) is 6.44. The Labute approximate surface area is 174 Å². The molecule has 1 heterocycles. The van der Waals surface area contributed by atoms with E-state index in [0.717, 1.165) is 31.9 Å². The summed E-state index contributed by atoms with van der Waals surface area (Å²) in [5.74, 6) is 0.833. The number of benzene rings is 2. The number of nitrogens with zero attached hydrogens (tertiary/aromatic N) is 1. The molecule has 1 saturated heterocycles. The first kappa shape index (κ1) is 20.9. The van der Waals surface area contributed by atoms with Crippen molar-refractivity contribution in [3.63, 3.8) is 0 Å². The highest BCUT2D eigenvalue weighted by atomic mass is 35.5. The van der Waals surface area contributed by atoms with Gasteiger partial charge < -0.3 is 19.7 Å². The van der Waals surface area contributed by atoms with Crippen LogP contribution in [0.25, 0.3) is 0 Å². The van der Waals surface area contributed by atoms with Crippen LogP contribution in [0.1, 0.15) is 0 Å². The summed E-state index contributed by atoms with van der Waals surface area (Å²) in [7, 11) is -0.925. The quantitative estimate of drug-likeness (QED) is 0.710. The summed E-state index contributed by atoms with van der Waals surface area (Å²) in [4.78, 5) is 2.23. The van der Waals surface area contributed by atoms with Gasteiger partial charge in [0.1, 0.15) is 5.75 Å². The minimum atomic E-state index is -3.90. The Morgan fingerprint density at radius 1 is 1.07 bits per heavy atom. The third-order valence-electron chi connectivity index (χ3n) is 4.46. The van der Waals surface area contributed by atoms with Gasteiger partial charge in [-0.2, -0.15) is 0 Å². The second kappa shape index (κ2) is 8.65. The van der Waals surface area contributed by atoms with Crippen molar-refractivity contribution in [2.45, 2.75) is 4.90 Å². The molecule has 0 radical (unpaired) electrons. The van der Waals surface area contributed by atoms with Crippen LogP contribution in [0.2, 0.25) is 10.0 Å². The molecule has 3 rings (SSSR count). The number of methoxy groups -OCH3 is 2. The van der Waals surface area contributed by atoms with Crippen molar-refractivity contribution >= 4 is 44.6 Å². The molecule has 1 aliphatic rings. The van der Waals surface area contributed by atoms with Crippen LogP contribution in [0, 0.1) is 0 Å².